The molecule has 116 valence electrons. The first kappa shape index (κ1) is 15.7. The van der Waals surface area contributed by atoms with Crippen LogP contribution in [-0.2, 0) is 0 Å². The largest absolute Gasteiger partial charge is 0.495 e. The molecular formula is C17H26N2O2. The highest BCUT2D eigenvalue weighted by Crippen LogP contribution is 2.38. The maximum absolute atomic E-state index is 12.6. The van der Waals surface area contributed by atoms with E-state index in [1.54, 1.807) is 25.3 Å². The molecular weight excluding hydrogens is 264 g/mol. The summed E-state index contributed by atoms with van der Waals surface area (Å²) in [5, 5.41) is 0. The van der Waals surface area contributed by atoms with E-state index in [1.807, 2.05) is 4.90 Å². The third-order valence-electron chi connectivity index (χ3n) is 5.09. The Hall–Kier alpha value is -1.71. The molecule has 0 unspecified atom stereocenters. The summed E-state index contributed by atoms with van der Waals surface area (Å²) < 4.78 is 5.13. The maximum Gasteiger partial charge on any atom is 0.253 e. The van der Waals surface area contributed by atoms with Crippen LogP contribution in [0.3, 0.4) is 0 Å². The predicted octanol–water partition coefficient (Wildman–Crippen LogP) is 3.32. The smallest absolute Gasteiger partial charge is 0.253 e. The summed E-state index contributed by atoms with van der Waals surface area (Å²) >= 11 is 0. The number of ether oxygens (including phenoxy) is 1. The van der Waals surface area contributed by atoms with E-state index in [0.29, 0.717) is 22.4 Å². The van der Waals surface area contributed by atoms with Gasteiger partial charge in [-0.1, -0.05) is 26.7 Å². The second-order valence-electron chi connectivity index (χ2n) is 5.96. The number of hydrogen-bond acceptors (Lipinski definition) is 3. The van der Waals surface area contributed by atoms with Gasteiger partial charge in [0.2, 0.25) is 0 Å². The number of amides is 1. The topological polar surface area (TPSA) is 55.6 Å². The van der Waals surface area contributed by atoms with Crippen LogP contribution in [0.4, 0.5) is 5.69 Å². The van der Waals surface area contributed by atoms with Gasteiger partial charge in [-0.2, -0.15) is 0 Å². The first-order valence-corrected chi connectivity index (χ1v) is 7.78. The lowest BCUT2D eigenvalue weighted by molar-refractivity contribution is 0.0558. The molecule has 0 atom stereocenters. The Bertz CT molecular complexity index is 500. The van der Waals surface area contributed by atoms with Crippen molar-refractivity contribution in [3.63, 3.8) is 0 Å². The maximum atomic E-state index is 12.6. The third kappa shape index (κ3) is 3.14. The van der Waals surface area contributed by atoms with Crippen molar-refractivity contribution in [3.05, 3.63) is 23.8 Å². The van der Waals surface area contributed by atoms with Gasteiger partial charge in [0.1, 0.15) is 5.75 Å². The molecule has 1 fully saturated rings. The highest BCUT2D eigenvalue weighted by atomic mass is 16.5. The summed E-state index contributed by atoms with van der Waals surface area (Å²) in [6, 6.07) is 5.26. The molecule has 0 saturated carbocycles. The summed E-state index contributed by atoms with van der Waals surface area (Å²) in [7, 11) is 1.58. The van der Waals surface area contributed by atoms with E-state index in [2.05, 4.69) is 13.8 Å². The third-order valence-corrected chi connectivity index (χ3v) is 5.09. The Morgan fingerprint density at radius 3 is 2.38 bits per heavy atom. The summed E-state index contributed by atoms with van der Waals surface area (Å²) in [5.41, 5.74) is 7.47. The first-order chi connectivity index (χ1) is 10.0. The van der Waals surface area contributed by atoms with Crippen molar-refractivity contribution in [2.45, 2.75) is 39.5 Å². The zero-order valence-corrected chi connectivity index (χ0v) is 13.3. The zero-order chi connectivity index (χ0) is 15.5. The lowest BCUT2D eigenvalue weighted by Gasteiger charge is -2.41. The van der Waals surface area contributed by atoms with Crippen molar-refractivity contribution in [3.8, 4) is 5.75 Å². The van der Waals surface area contributed by atoms with Gasteiger partial charge >= 0.3 is 0 Å². The second-order valence-corrected chi connectivity index (χ2v) is 5.96. The number of carbonyl (C=O) groups is 1. The molecule has 0 bridgehead atoms. The van der Waals surface area contributed by atoms with Gasteiger partial charge in [-0.15, -0.1) is 0 Å². The molecule has 4 nitrogen and oxygen atoms in total. The molecule has 1 aromatic carbocycles. The Morgan fingerprint density at radius 2 is 1.90 bits per heavy atom. The van der Waals surface area contributed by atoms with Crippen LogP contribution in [-0.4, -0.2) is 31.0 Å². The number of rotatable bonds is 4. The van der Waals surface area contributed by atoms with Crippen molar-refractivity contribution < 1.29 is 9.53 Å². The van der Waals surface area contributed by atoms with Crippen molar-refractivity contribution >= 4 is 11.6 Å². The van der Waals surface area contributed by atoms with E-state index in [-0.39, 0.29) is 5.91 Å². The molecule has 1 aliphatic heterocycles. The molecule has 2 rings (SSSR count). The highest BCUT2D eigenvalue weighted by Gasteiger charge is 2.33. The van der Waals surface area contributed by atoms with Crippen molar-refractivity contribution in [1.29, 1.82) is 0 Å². The van der Waals surface area contributed by atoms with Crippen LogP contribution in [0.2, 0.25) is 0 Å². The van der Waals surface area contributed by atoms with Gasteiger partial charge in [-0.05, 0) is 36.5 Å². The van der Waals surface area contributed by atoms with E-state index >= 15 is 0 Å². The number of nitrogens with two attached hydrogens (primary N) is 1. The Labute approximate surface area is 127 Å². The first-order valence-electron chi connectivity index (χ1n) is 7.78. The molecule has 2 N–H and O–H groups in total. The van der Waals surface area contributed by atoms with Crippen LogP contribution in [0.15, 0.2) is 18.2 Å². The van der Waals surface area contributed by atoms with Crippen molar-refractivity contribution in [2.75, 3.05) is 25.9 Å². The Balaban J connectivity index is 2.07. The lowest BCUT2D eigenvalue weighted by atomic mass is 9.74. The number of nitrogens with zero attached hydrogens (tertiary/aromatic N) is 1. The number of piperidine rings is 1. The molecule has 0 radical (unpaired) electrons. The molecule has 1 aromatic rings. The second kappa shape index (κ2) is 6.37. The summed E-state index contributed by atoms with van der Waals surface area (Å²) in [6.07, 6.45) is 4.58. The monoisotopic (exact) mass is 290 g/mol. The molecule has 0 aromatic heterocycles. The summed E-state index contributed by atoms with van der Waals surface area (Å²) in [5.74, 6) is 0.686. The van der Waals surface area contributed by atoms with Crippen LogP contribution in [0, 0.1) is 5.41 Å². The van der Waals surface area contributed by atoms with Gasteiger partial charge in [0, 0.05) is 18.7 Å². The van der Waals surface area contributed by atoms with E-state index in [0.717, 1.165) is 25.9 Å². The molecule has 1 aliphatic rings. The fraction of sp³-hybridized carbons (Fsp3) is 0.588. The minimum atomic E-state index is 0.0742. The van der Waals surface area contributed by atoms with Crippen molar-refractivity contribution in [2.24, 2.45) is 5.41 Å². The molecule has 21 heavy (non-hydrogen) atoms. The zero-order valence-electron chi connectivity index (χ0n) is 13.3. The van der Waals surface area contributed by atoms with Crippen molar-refractivity contribution in [1.82, 2.24) is 4.90 Å². The van der Waals surface area contributed by atoms with Crippen LogP contribution in [0.1, 0.15) is 49.9 Å². The quantitative estimate of drug-likeness (QED) is 0.865. The van der Waals surface area contributed by atoms with E-state index in [9.17, 15) is 4.79 Å². The molecule has 1 saturated heterocycles. The molecule has 1 heterocycles. The van der Waals surface area contributed by atoms with Crippen LogP contribution < -0.4 is 10.5 Å². The summed E-state index contributed by atoms with van der Waals surface area (Å²) in [4.78, 5) is 14.5. The van der Waals surface area contributed by atoms with Crippen LogP contribution in [0.25, 0.3) is 0 Å². The lowest BCUT2D eigenvalue weighted by Crippen LogP contribution is -2.42. The highest BCUT2D eigenvalue weighted by molar-refractivity contribution is 5.95. The van der Waals surface area contributed by atoms with E-state index in [4.69, 9.17) is 10.5 Å². The van der Waals surface area contributed by atoms with Gasteiger partial charge in [0.15, 0.2) is 0 Å². The summed E-state index contributed by atoms with van der Waals surface area (Å²) in [6.45, 7) is 6.19. The SMILES string of the molecule is CCC1(CC)CCN(C(=O)c2ccc(OC)c(N)c2)CC1. The van der Waals surface area contributed by atoms with Crippen LogP contribution in [0.5, 0.6) is 5.75 Å². The average molecular weight is 290 g/mol. The van der Waals surface area contributed by atoms with Gasteiger partial charge in [-0.25, -0.2) is 0 Å². The van der Waals surface area contributed by atoms with Gasteiger partial charge < -0.3 is 15.4 Å². The number of carbonyl (C=O) groups excluding carboxylic acids is 1. The predicted molar refractivity (Wildman–Crippen MR) is 85.6 cm³/mol. The standard InChI is InChI=1S/C17H26N2O2/c1-4-17(5-2)8-10-19(11-9-17)16(20)13-6-7-15(21-3)14(18)12-13/h6-7,12H,4-5,8-11,18H2,1-3H3. The van der Waals surface area contributed by atoms with E-state index < -0.39 is 0 Å². The van der Waals surface area contributed by atoms with Gasteiger partial charge in [-0.3, -0.25) is 4.79 Å². The van der Waals surface area contributed by atoms with Gasteiger partial charge in [0.05, 0.1) is 12.8 Å². The van der Waals surface area contributed by atoms with Crippen LogP contribution >= 0.6 is 0 Å². The number of nitrogen functional groups attached to an aromatic ring is 1. The fourth-order valence-electron chi connectivity index (χ4n) is 3.19. The Morgan fingerprint density at radius 1 is 1.29 bits per heavy atom. The fourth-order valence-corrected chi connectivity index (χ4v) is 3.19. The molecule has 0 spiro atoms. The minimum Gasteiger partial charge on any atom is -0.495 e. The number of anilines is 1. The van der Waals surface area contributed by atoms with E-state index in [1.165, 1.54) is 12.8 Å². The normalized spacial score (nSPS) is 17.6. The molecule has 0 aliphatic carbocycles. The molecule has 1 amide bonds. The number of methoxy groups -OCH3 is 1. The average Bonchev–Trinajstić information content (AvgIpc) is 2.54. The minimum absolute atomic E-state index is 0.0742. The number of hydrogen-bond donors (Lipinski definition) is 1. The molecule has 4 heteroatoms. The number of likely N-dealkylation sites (tertiary alicyclic amines) is 1. The Kier molecular flexibility index (Phi) is 4.76. The van der Waals surface area contributed by atoms with Gasteiger partial charge in [0.25, 0.3) is 5.91 Å². The number of benzene rings is 1.